The van der Waals surface area contributed by atoms with E-state index in [2.05, 4.69) is 153 Å². The summed E-state index contributed by atoms with van der Waals surface area (Å²) in [4.78, 5) is 39.3. The van der Waals surface area contributed by atoms with Gasteiger partial charge in [-0.05, 0) is 138 Å². The minimum Gasteiger partial charge on any atom is -0.456 e. The molecule has 15 nitrogen and oxygen atoms in total. The first kappa shape index (κ1) is 76.8. The van der Waals surface area contributed by atoms with Crippen LogP contribution in [0.1, 0.15) is 55.4 Å². The number of fused-ring (bicyclic) bond motifs is 16. The van der Waals surface area contributed by atoms with Crippen LogP contribution in [-0.4, -0.2) is 71.4 Å². The summed E-state index contributed by atoms with van der Waals surface area (Å²) < 4.78 is 42.3. The normalized spacial score (nSPS) is 13.6. The van der Waals surface area contributed by atoms with E-state index < -0.39 is 18.3 Å². The molecule has 22 aromatic rings. The molecular formula is C104H80BClN8O7. The molecule has 2 aliphatic rings. The molecule has 588 valence electrons. The van der Waals surface area contributed by atoms with Crippen molar-refractivity contribution >= 4 is 155 Å². The standard InChI is InChI=1S/C46H26N4O2.C31H18ClN3O.C21H20BNO3.C4H8O.2CH4/c1-2-11-27(12-3-1)44-48-45(50-46(49-44)35-20-10-22-39-42(35)34-15-6-7-21-38(34)51-39)33-19-9-16-30-31(33)17-8-18-32(30)37-25-47-26-41-43(37)36-23-28-13-4-5-14-29(28)24-40(36)52-41;32-25-16-7-12-20-21(25)13-6-14-22(20)30-33-29(19-9-2-1-3-10-19)34-31(35-30)24-15-8-18-27-28(24)23-11-4-5-17-26(23)36-27;1-20(2)21(3,4)26-22(25-20)16-11-23-12-18-19(16)15-9-13-7-5-6-8-14(13)10-17(15)24-18;1-2-4-5-3-1;;/h1-26H;1-18H;5-12H,1-4H3;1-4H2;2*1H4. The molecule has 2 saturated heterocycles. The van der Waals surface area contributed by atoms with Gasteiger partial charge in [0.25, 0.3) is 0 Å². The lowest BCUT2D eigenvalue weighted by molar-refractivity contribution is 0.00578. The van der Waals surface area contributed by atoms with Gasteiger partial charge in [0.15, 0.2) is 46.1 Å². The number of rotatable bonds is 8. The molecular weight excluding hydrogens is 1520 g/mol. The summed E-state index contributed by atoms with van der Waals surface area (Å²) in [6.07, 6.45) is 9.89. The van der Waals surface area contributed by atoms with Crippen LogP contribution in [0.25, 0.3) is 210 Å². The highest BCUT2D eigenvalue weighted by molar-refractivity contribution is 6.66. The van der Waals surface area contributed by atoms with E-state index in [1.807, 2.05) is 188 Å². The number of furan rings is 4. The van der Waals surface area contributed by atoms with Crippen LogP contribution in [0.2, 0.25) is 5.02 Å². The van der Waals surface area contributed by atoms with E-state index in [0.29, 0.717) is 40.0 Å². The fraction of sp³-hybridized carbons (Fsp3) is 0.115. The minimum atomic E-state index is -0.469. The summed E-state index contributed by atoms with van der Waals surface area (Å²) in [7, 11) is -0.469. The molecule has 8 aromatic heterocycles. The fourth-order valence-corrected chi connectivity index (χ4v) is 16.7. The molecule has 2 aliphatic heterocycles. The lowest BCUT2D eigenvalue weighted by Crippen LogP contribution is -2.41. The van der Waals surface area contributed by atoms with Crippen molar-refractivity contribution in [3.8, 4) is 79.5 Å². The Morgan fingerprint density at radius 3 is 1.14 bits per heavy atom. The third-order valence-corrected chi connectivity index (χ3v) is 23.4. The third kappa shape index (κ3) is 14.0. The van der Waals surface area contributed by atoms with Crippen LogP contribution in [0.3, 0.4) is 0 Å². The number of nitrogens with zero attached hydrogens (tertiary/aromatic N) is 8. The number of ether oxygens (including phenoxy) is 1. The highest BCUT2D eigenvalue weighted by atomic mass is 35.5. The number of pyridine rings is 2. The summed E-state index contributed by atoms with van der Waals surface area (Å²) in [5.74, 6) is 3.57. The van der Waals surface area contributed by atoms with E-state index in [1.165, 1.54) is 23.6 Å². The average Bonchev–Trinajstić information content (AvgIpc) is 1.66. The zero-order valence-corrected chi connectivity index (χ0v) is 66.0. The van der Waals surface area contributed by atoms with Crippen LogP contribution >= 0.6 is 11.6 Å². The molecule has 0 N–H and O–H groups in total. The molecule has 14 aromatic carbocycles. The number of halogens is 1. The molecule has 0 spiro atoms. The predicted molar refractivity (Wildman–Crippen MR) is 493 cm³/mol. The molecule has 10 heterocycles. The number of para-hydroxylation sites is 2. The molecule has 24 rings (SSSR count). The first-order chi connectivity index (χ1) is 58.4. The van der Waals surface area contributed by atoms with Crippen molar-refractivity contribution in [1.82, 2.24) is 39.9 Å². The highest BCUT2D eigenvalue weighted by Crippen LogP contribution is 2.45. The Morgan fingerprint density at radius 1 is 0.281 bits per heavy atom. The number of benzene rings is 14. The second-order valence-corrected chi connectivity index (χ2v) is 31.3. The number of hydrogen-bond acceptors (Lipinski definition) is 15. The second-order valence-electron chi connectivity index (χ2n) is 30.9. The molecule has 2 fully saturated rings. The van der Waals surface area contributed by atoms with Crippen molar-refractivity contribution in [2.45, 2.75) is 66.6 Å². The molecule has 0 radical (unpaired) electrons. The third-order valence-electron chi connectivity index (χ3n) is 23.0. The Bertz CT molecular complexity index is 7710. The summed E-state index contributed by atoms with van der Waals surface area (Å²) in [5.41, 5.74) is 14.1. The van der Waals surface area contributed by atoms with Crippen molar-refractivity contribution in [3.63, 3.8) is 0 Å². The maximum Gasteiger partial charge on any atom is 0.497 e. The monoisotopic (exact) mass is 1600 g/mol. The van der Waals surface area contributed by atoms with Crippen molar-refractivity contribution in [2.24, 2.45) is 0 Å². The van der Waals surface area contributed by atoms with Gasteiger partial charge < -0.3 is 31.7 Å². The van der Waals surface area contributed by atoms with Gasteiger partial charge in [-0.1, -0.05) is 263 Å². The van der Waals surface area contributed by atoms with Crippen molar-refractivity contribution in [1.29, 1.82) is 0 Å². The van der Waals surface area contributed by atoms with Crippen molar-refractivity contribution < 1.29 is 31.7 Å². The van der Waals surface area contributed by atoms with E-state index in [0.717, 1.165) is 183 Å². The first-order valence-electron chi connectivity index (χ1n) is 39.8. The molecule has 0 aliphatic carbocycles. The maximum absolute atomic E-state index is 6.52. The zero-order valence-electron chi connectivity index (χ0n) is 65.2. The van der Waals surface area contributed by atoms with Gasteiger partial charge in [-0.2, -0.15) is 0 Å². The van der Waals surface area contributed by atoms with Crippen LogP contribution < -0.4 is 5.46 Å². The summed E-state index contributed by atoms with van der Waals surface area (Å²) in [6.45, 7) is 10.2. The second kappa shape index (κ2) is 31.6. The largest absolute Gasteiger partial charge is 0.497 e. The van der Waals surface area contributed by atoms with Crippen LogP contribution in [-0.2, 0) is 14.0 Å². The van der Waals surface area contributed by atoms with Crippen LogP contribution in [0.5, 0.6) is 0 Å². The first-order valence-corrected chi connectivity index (χ1v) is 40.2. The van der Waals surface area contributed by atoms with Crippen LogP contribution in [0.15, 0.2) is 334 Å². The molecule has 0 unspecified atom stereocenters. The Balaban J connectivity index is 0.000000122. The Labute approximate surface area is 702 Å². The van der Waals surface area contributed by atoms with E-state index in [9.17, 15) is 0 Å². The highest BCUT2D eigenvalue weighted by Gasteiger charge is 2.52. The van der Waals surface area contributed by atoms with E-state index in [4.69, 9.17) is 73.2 Å². The number of aromatic nitrogens is 8. The molecule has 17 heteroatoms. The van der Waals surface area contributed by atoms with E-state index >= 15 is 0 Å². The lowest BCUT2D eigenvalue weighted by atomic mass is 9.77. The lowest BCUT2D eigenvalue weighted by Gasteiger charge is -2.32. The molecule has 0 amide bonds. The molecule has 0 saturated carbocycles. The van der Waals surface area contributed by atoms with Crippen molar-refractivity contribution in [3.05, 3.63) is 321 Å². The van der Waals surface area contributed by atoms with Gasteiger partial charge in [-0.3, -0.25) is 9.97 Å². The van der Waals surface area contributed by atoms with Crippen LogP contribution in [0, 0.1) is 0 Å². The van der Waals surface area contributed by atoms with E-state index in [-0.39, 0.29) is 14.9 Å². The van der Waals surface area contributed by atoms with Gasteiger partial charge in [0.1, 0.15) is 33.5 Å². The van der Waals surface area contributed by atoms with Crippen LogP contribution in [0.4, 0.5) is 0 Å². The quantitative estimate of drug-likeness (QED) is 0.131. The topological polar surface area (TPSA) is 183 Å². The average molecular weight is 1600 g/mol. The van der Waals surface area contributed by atoms with Gasteiger partial charge in [-0.25, -0.2) is 29.9 Å². The smallest absolute Gasteiger partial charge is 0.456 e. The fourth-order valence-electron chi connectivity index (χ4n) is 16.5. The number of hydrogen-bond donors (Lipinski definition) is 0. The van der Waals surface area contributed by atoms with E-state index in [1.54, 1.807) is 12.4 Å². The SMILES string of the molecule is C.C.C1CCOC1.CC1(C)OB(c2cncc3oc4cc5ccccc5cc4c23)OC1(C)C.Clc1cccc2c(-c3nc(-c4ccccc4)nc(-c4cccc5oc6ccccc6c45)n3)cccc12.c1ccc(-c2nc(-c3cccc4c(-c5cncc6oc7cc8ccccc8cc7c56)cccc34)nc(-c3cccc4oc5ccccc5c34)n2)cc1. The van der Waals surface area contributed by atoms with Crippen molar-refractivity contribution in [2.75, 3.05) is 13.2 Å². The maximum atomic E-state index is 6.52. The predicted octanol–water partition coefficient (Wildman–Crippen LogP) is 27.1. The zero-order chi connectivity index (χ0) is 79.9. The minimum absolute atomic E-state index is 0. The van der Waals surface area contributed by atoms with Gasteiger partial charge in [0.05, 0.1) is 23.6 Å². The summed E-state index contributed by atoms with van der Waals surface area (Å²) in [5, 5.41) is 17.6. The molecule has 121 heavy (non-hydrogen) atoms. The van der Waals surface area contributed by atoms with Gasteiger partial charge in [-0.15, -0.1) is 0 Å². The molecule has 0 atom stereocenters. The summed E-state index contributed by atoms with van der Waals surface area (Å²) >= 11 is 6.52. The van der Waals surface area contributed by atoms with Gasteiger partial charge in [0.2, 0.25) is 0 Å². The van der Waals surface area contributed by atoms with Gasteiger partial charge in [0, 0.05) is 124 Å². The molecule has 0 bridgehead atoms. The Kier molecular flexibility index (Phi) is 20.1. The Morgan fingerprint density at radius 2 is 0.636 bits per heavy atom. The Hall–Kier alpha value is -14.1. The van der Waals surface area contributed by atoms with Gasteiger partial charge >= 0.3 is 7.12 Å². The summed E-state index contributed by atoms with van der Waals surface area (Å²) in [6, 6.07) is 98.1.